The van der Waals surface area contributed by atoms with Crippen LogP contribution in [0.2, 0.25) is 10.0 Å². The third-order valence-electron chi connectivity index (χ3n) is 4.13. The van der Waals surface area contributed by atoms with Gasteiger partial charge in [0.25, 0.3) is 11.8 Å². The number of rotatable bonds is 4. The Kier molecular flexibility index (Phi) is 5.53. The van der Waals surface area contributed by atoms with Crippen molar-refractivity contribution in [3.8, 4) is 0 Å². The minimum atomic E-state index is -0.363. The molecule has 0 fully saturated rings. The summed E-state index contributed by atoms with van der Waals surface area (Å²) in [6.07, 6.45) is 2.63. The van der Waals surface area contributed by atoms with Crippen molar-refractivity contribution in [1.82, 2.24) is 14.9 Å². The third-order valence-corrected chi connectivity index (χ3v) is 4.87. The highest BCUT2D eigenvalue weighted by atomic mass is 35.5. The lowest BCUT2D eigenvalue weighted by molar-refractivity contribution is 0.0927. The molecule has 1 aromatic carbocycles. The Morgan fingerprint density at radius 3 is 2.62 bits per heavy atom. The van der Waals surface area contributed by atoms with Crippen LogP contribution in [0.3, 0.4) is 0 Å². The number of fused-ring (bicyclic) bond motifs is 1. The van der Waals surface area contributed by atoms with Crippen LogP contribution >= 0.6 is 23.2 Å². The molecule has 0 spiro atoms. The summed E-state index contributed by atoms with van der Waals surface area (Å²) in [5.41, 5.74) is 1.60. The minimum absolute atomic E-state index is 0.00692. The summed E-state index contributed by atoms with van der Waals surface area (Å²) in [7, 11) is 0. The lowest BCUT2D eigenvalue weighted by Crippen LogP contribution is -2.33. The largest absolute Gasteiger partial charge is 0.347 e. The van der Waals surface area contributed by atoms with E-state index in [1.165, 1.54) is 0 Å². The van der Waals surface area contributed by atoms with Gasteiger partial charge in [-0.25, -0.2) is 4.98 Å². The van der Waals surface area contributed by atoms with E-state index in [1.54, 1.807) is 18.2 Å². The van der Waals surface area contributed by atoms with E-state index >= 15 is 0 Å². The van der Waals surface area contributed by atoms with Crippen molar-refractivity contribution in [3.63, 3.8) is 0 Å². The molecular weight excluding hydrogens is 375 g/mol. The summed E-state index contributed by atoms with van der Waals surface area (Å²) < 4.78 is 1.85. The first-order valence-electron chi connectivity index (χ1n) is 8.53. The Balaban J connectivity index is 1.91. The van der Waals surface area contributed by atoms with E-state index < -0.39 is 0 Å². The van der Waals surface area contributed by atoms with E-state index in [4.69, 9.17) is 23.2 Å². The van der Waals surface area contributed by atoms with Gasteiger partial charge in [-0.15, -0.1) is 0 Å². The van der Waals surface area contributed by atoms with Gasteiger partial charge in [0.2, 0.25) is 0 Å². The van der Waals surface area contributed by atoms with E-state index in [0.717, 1.165) is 18.5 Å². The van der Waals surface area contributed by atoms with Crippen molar-refractivity contribution < 1.29 is 9.59 Å². The van der Waals surface area contributed by atoms with Gasteiger partial charge < -0.3 is 15.2 Å². The third kappa shape index (κ3) is 3.86. The lowest BCUT2D eigenvalue weighted by atomic mass is 10.1. The van der Waals surface area contributed by atoms with Crippen LogP contribution in [0, 0.1) is 0 Å². The molecule has 1 aliphatic heterocycles. The zero-order chi connectivity index (χ0) is 18.8. The fourth-order valence-electron chi connectivity index (χ4n) is 2.99. The Labute approximate surface area is 161 Å². The van der Waals surface area contributed by atoms with Gasteiger partial charge in [0.1, 0.15) is 0 Å². The number of nitrogens with one attached hydrogen (secondary N) is 2. The Hall–Kier alpha value is -2.05. The van der Waals surface area contributed by atoms with Crippen LogP contribution in [0.5, 0.6) is 0 Å². The second-order valence-corrected chi connectivity index (χ2v) is 7.37. The van der Waals surface area contributed by atoms with Crippen molar-refractivity contribution in [2.24, 2.45) is 0 Å². The molecule has 0 radical (unpaired) electrons. The molecule has 6 nitrogen and oxygen atoms in total. The number of amides is 2. The highest BCUT2D eigenvalue weighted by Gasteiger charge is 2.27. The average molecular weight is 395 g/mol. The smallest absolute Gasteiger partial charge is 0.287 e. The molecule has 0 atom stereocenters. The molecule has 0 saturated carbocycles. The first kappa shape index (κ1) is 18.7. The van der Waals surface area contributed by atoms with Crippen LogP contribution in [0.15, 0.2) is 18.2 Å². The van der Waals surface area contributed by atoms with Crippen molar-refractivity contribution in [2.45, 2.75) is 45.7 Å². The van der Waals surface area contributed by atoms with Crippen molar-refractivity contribution in [3.05, 3.63) is 45.5 Å². The number of hydrogen-bond acceptors (Lipinski definition) is 3. The second kappa shape index (κ2) is 7.68. The quantitative estimate of drug-likeness (QED) is 0.824. The van der Waals surface area contributed by atoms with Crippen molar-refractivity contribution in [1.29, 1.82) is 0 Å². The van der Waals surface area contributed by atoms with Crippen molar-refractivity contribution in [2.75, 3.05) is 5.32 Å². The van der Waals surface area contributed by atoms with E-state index in [1.807, 2.05) is 18.4 Å². The fraction of sp³-hybridized carbons (Fsp3) is 0.389. The van der Waals surface area contributed by atoms with Gasteiger partial charge in [0, 0.05) is 18.3 Å². The molecule has 0 aliphatic carbocycles. The van der Waals surface area contributed by atoms with Crippen LogP contribution in [0.25, 0.3) is 0 Å². The molecule has 2 aromatic rings. The van der Waals surface area contributed by atoms with Crippen molar-refractivity contribution >= 4 is 40.7 Å². The monoisotopic (exact) mass is 394 g/mol. The second-order valence-electron chi connectivity index (χ2n) is 6.55. The maximum Gasteiger partial charge on any atom is 0.287 e. The summed E-state index contributed by atoms with van der Waals surface area (Å²) in [6.45, 7) is 4.45. The molecular formula is C18H20Cl2N4O2. The maximum atomic E-state index is 12.7. The highest BCUT2D eigenvalue weighted by Crippen LogP contribution is 2.26. The van der Waals surface area contributed by atoms with Crippen LogP contribution in [-0.2, 0) is 13.0 Å². The number of aromatic nitrogens is 2. The minimum Gasteiger partial charge on any atom is -0.347 e. The van der Waals surface area contributed by atoms with Gasteiger partial charge in [0.05, 0.1) is 15.7 Å². The van der Waals surface area contributed by atoms with Gasteiger partial charge in [-0.3, -0.25) is 9.59 Å². The lowest BCUT2D eigenvalue weighted by Gasteiger charge is -2.17. The summed E-state index contributed by atoms with van der Waals surface area (Å²) >= 11 is 11.9. The van der Waals surface area contributed by atoms with Gasteiger partial charge >= 0.3 is 0 Å². The predicted molar refractivity (Wildman–Crippen MR) is 102 cm³/mol. The molecule has 2 heterocycles. The van der Waals surface area contributed by atoms with E-state index in [-0.39, 0.29) is 29.4 Å². The van der Waals surface area contributed by atoms with E-state index in [2.05, 4.69) is 15.6 Å². The van der Waals surface area contributed by atoms with E-state index in [0.29, 0.717) is 28.7 Å². The molecule has 0 bridgehead atoms. The molecule has 2 amide bonds. The number of hydrogen-bond donors (Lipinski definition) is 2. The molecule has 1 aromatic heterocycles. The van der Waals surface area contributed by atoms with Crippen LogP contribution < -0.4 is 10.6 Å². The first-order chi connectivity index (χ1) is 12.4. The molecule has 0 saturated heterocycles. The normalized spacial score (nSPS) is 13.4. The number of benzene rings is 1. The predicted octanol–water partition coefficient (Wildman–Crippen LogP) is 3.92. The maximum absolute atomic E-state index is 12.7. The van der Waals surface area contributed by atoms with Gasteiger partial charge in [-0.1, -0.05) is 23.2 Å². The number of imidazole rings is 1. The molecule has 3 rings (SSSR count). The number of anilines is 1. The van der Waals surface area contributed by atoms with Gasteiger partial charge in [-0.05, 0) is 51.3 Å². The SMILES string of the molecule is CC(C)NC(=O)c1nc(C(=O)Nc2ccc(Cl)c(Cl)c2)c2n1CCCC2. The van der Waals surface area contributed by atoms with Crippen LogP contribution in [-0.4, -0.2) is 27.4 Å². The average Bonchev–Trinajstić information content (AvgIpc) is 2.97. The summed E-state index contributed by atoms with van der Waals surface area (Å²) in [5, 5.41) is 6.39. The molecule has 138 valence electrons. The van der Waals surface area contributed by atoms with Crippen LogP contribution in [0.4, 0.5) is 5.69 Å². The number of carbonyl (C=O) groups excluding carboxylic acids is 2. The van der Waals surface area contributed by atoms with E-state index in [9.17, 15) is 9.59 Å². The Morgan fingerprint density at radius 1 is 1.15 bits per heavy atom. The standard InChI is InChI=1S/C18H20Cl2N4O2/c1-10(2)21-18(26)16-23-15(14-5-3-4-8-24(14)16)17(25)22-11-6-7-12(19)13(20)9-11/h6-7,9-10H,3-5,8H2,1-2H3,(H,21,26)(H,22,25). The number of carbonyl (C=O) groups is 2. The zero-order valence-corrected chi connectivity index (χ0v) is 16.1. The summed E-state index contributed by atoms with van der Waals surface area (Å²) in [5.74, 6) is -0.345. The molecule has 0 unspecified atom stereocenters. The Bertz CT molecular complexity index is 861. The van der Waals surface area contributed by atoms with Gasteiger partial charge in [-0.2, -0.15) is 0 Å². The van der Waals surface area contributed by atoms with Crippen LogP contribution in [0.1, 0.15) is 53.5 Å². The highest BCUT2D eigenvalue weighted by molar-refractivity contribution is 6.42. The molecule has 1 aliphatic rings. The number of halogens is 2. The molecule has 26 heavy (non-hydrogen) atoms. The summed E-state index contributed by atoms with van der Waals surface area (Å²) in [4.78, 5) is 29.6. The Morgan fingerprint density at radius 2 is 1.92 bits per heavy atom. The topological polar surface area (TPSA) is 76.0 Å². The molecule has 8 heteroatoms. The first-order valence-corrected chi connectivity index (χ1v) is 9.29. The molecule has 2 N–H and O–H groups in total. The number of nitrogens with zero attached hydrogens (tertiary/aromatic N) is 2. The fourth-order valence-corrected chi connectivity index (χ4v) is 3.29. The van der Waals surface area contributed by atoms with Gasteiger partial charge in [0.15, 0.2) is 11.5 Å². The summed E-state index contributed by atoms with van der Waals surface area (Å²) in [6, 6.07) is 4.86. The zero-order valence-electron chi connectivity index (χ0n) is 14.6.